The fourth-order valence-electron chi connectivity index (χ4n) is 2.19. The Morgan fingerprint density at radius 3 is 3.00 bits per heavy atom. The summed E-state index contributed by atoms with van der Waals surface area (Å²) in [6.07, 6.45) is 6.08. The average Bonchev–Trinajstić information content (AvgIpc) is 3.06. The summed E-state index contributed by atoms with van der Waals surface area (Å²) in [4.78, 5) is 17.8. The summed E-state index contributed by atoms with van der Waals surface area (Å²) < 4.78 is 2.15. The molecule has 0 fully saturated rings. The molecule has 0 radical (unpaired) electrons. The van der Waals surface area contributed by atoms with E-state index in [9.17, 15) is 4.79 Å². The first-order valence-corrected chi connectivity index (χ1v) is 7.46. The Kier molecular flexibility index (Phi) is 3.64. The van der Waals surface area contributed by atoms with E-state index in [0.717, 1.165) is 35.8 Å². The third-order valence-corrected chi connectivity index (χ3v) is 4.57. The topological polar surface area (TPSA) is 59.3 Å². The van der Waals surface area contributed by atoms with E-state index in [1.807, 2.05) is 19.3 Å². The summed E-state index contributed by atoms with van der Waals surface area (Å²) in [5.41, 5.74) is 3.53. The number of hydrogen-bond acceptors (Lipinski definition) is 4. The molecule has 3 heterocycles. The van der Waals surface area contributed by atoms with Crippen molar-refractivity contribution >= 4 is 23.0 Å². The molecule has 0 aromatic carbocycles. The number of aromatic nitrogens is 2. The number of aryl methyl sites for hydroxylation is 3. The van der Waals surface area contributed by atoms with Gasteiger partial charge in [0.25, 0.3) is 0 Å². The molecular weight excluding hydrogens is 272 g/mol. The first-order chi connectivity index (χ1) is 9.72. The summed E-state index contributed by atoms with van der Waals surface area (Å²) in [7, 11) is 0. The van der Waals surface area contributed by atoms with E-state index in [0.29, 0.717) is 6.42 Å². The second-order valence-electron chi connectivity index (χ2n) is 4.78. The highest BCUT2D eigenvalue weighted by molar-refractivity contribution is 7.14. The van der Waals surface area contributed by atoms with Crippen molar-refractivity contribution in [3.8, 4) is 0 Å². The minimum absolute atomic E-state index is 0.00103. The maximum Gasteiger partial charge on any atom is 0.240 e. The minimum Gasteiger partial charge on any atom is -0.335 e. The van der Waals surface area contributed by atoms with Crippen LogP contribution in [0.5, 0.6) is 0 Å². The van der Waals surface area contributed by atoms with Crippen LogP contribution in [0.3, 0.4) is 0 Å². The lowest BCUT2D eigenvalue weighted by Gasteiger charge is -2.09. The molecule has 2 aromatic heterocycles. The van der Waals surface area contributed by atoms with E-state index >= 15 is 0 Å². The van der Waals surface area contributed by atoms with Crippen molar-refractivity contribution in [3.63, 3.8) is 0 Å². The fraction of sp³-hybridized carbons (Fsp3) is 0.357. The molecule has 2 aromatic rings. The van der Waals surface area contributed by atoms with Crippen LogP contribution in [-0.4, -0.2) is 21.2 Å². The van der Waals surface area contributed by atoms with Gasteiger partial charge in [0.2, 0.25) is 5.91 Å². The number of thiophene rings is 1. The van der Waals surface area contributed by atoms with E-state index in [4.69, 9.17) is 0 Å². The predicted molar refractivity (Wildman–Crippen MR) is 78.9 cm³/mol. The molecule has 0 atom stereocenters. The zero-order valence-corrected chi connectivity index (χ0v) is 12.1. The summed E-state index contributed by atoms with van der Waals surface area (Å²) >= 11 is 1.75. The number of carbonyl (C=O) groups is 1. The van der Waals surface area contributed by atoms with Crippen molar-refractivity contribution in [1.29, 1.82) is 0 Å². The summed E-state index contributed by atoms with van der Waals surface area (Å²) in [6.45, 7) is 2.95. The molecule has 0 saturated heterocycles. The number of amides is 1. The highest BCUT2D eigenvalue weighted by Gasteiger charge is 2.14. The van der Waals surface area contributed by atoms with Crippen LogP contribution in [-0.2, 0) is 17.8 Å². The van der Waals surface area contributed by atoms with E-state index in [1.165, 1.54) is 4.88 Å². The number of imidazole rings is 1. The molecule has 6 heteroatoms. The van der Waals surface area contributed by atoms with Crippen molar-refractivity contribution < 1.29 is 4.79 Å². The van der Waals surface area contributed by atoms with Crippen LogP contribution in [0.1, 0.15) is 28.4 Å². The lowest BCUT2D eigenvalue weighted by molar-refractivity contribution is -0.121. The van der Waals surface area contributed by atoms with E-state index in [-0.39, 0.29) is 5.91 Å². The van der Waals surface area contributed by atoms with E-state index in [1.54, 1.807) is 11.3 Å². The summed E-state index contributed by atoms with van der Waals surface area (Å²) in [5.74, 6) is 1.04. The Hall–Kier alpha value is -1.95. The van der Waals surface area contributed by atoms with Crippen LogP contribution < -0.4 is 5.43 Å². The molecule has 20 heavy (non-hydrogen) atoms. The lowest BCUT2D eigenvalue weighted by atomic mass is 10.1. The molecule has 0 aliphatic carbocycles. The standard InChI is InChI=1S/C14H16N4OS/c1-10-15-7-9-18(10)8-6-11-2-4-13(20-11)12-3-5-14(19)17-16-12/h2,4,7,9H,3,5-6,8H2,1H3,(H,17,19). The van der Waals surface area contributed by atoms with Crippen LogP contribution in [0.4, 0.5) is 0 Å². The third kappa shape index (κ3) is 2.80. The Bertz CT molecular complexity index is 656. The molecule has 0 bridgehead atoms. The van der Waals surface area contributed by atoms with Crippen molar-refractivity contribution in [1.82, 2.24) is 15.0 Å². The maximum absolute atomic E-state index is 11.1. The monoisotopic (exact) mass is 288 g/mol. The second kappa shape index (κ2) is 5.58. The third-order valence-electron chi connectivity index (χ3n) is 3.37. The Labute approximate surface area is 121 Å². The van der Waals surface area contributed by atoms with Gasteiger partial charge in [0.15, 0.2) is 0 Å². The molecule has 0 unspecified atom stereocenters. The summed E-state index contributed by atoms with van der Waals surface area (Å²) in [6, 6.07) is 4.24. The second-order valence-corrected chi connectivity index (χ2v) is 5.95. The lowest BCUT2D eigenvalue weighted by Crippen LogP contribution is -2.25. The van der Waals surface area contributed by atoms with Gasteiger partial charge < -0.3 is 4.57 Å². The van der Waals surface area contributed by atoms with Gasteiger partial charge >= 0.3 is 0 Å². The van der Waals surface area contributed by atoms with Crippen LogP contribution in [0.15, 0.2) is 29.6 Å². The van der Waals surface area contributed by atoms with Crippen LogP contribution in [0.25, 0.3) is 0 Å². The minimum atomic E-state index is 0.00103. The predicted octanol–water partition coefficient (Wildman–Crippen LogP) is 2.11. The van der Waals surface area contributed by atoms with Gasteiger partial charge in [0.1, 0.15) is 5.82 Å². The van der Waals surface area contributed by atoms with Crippen molar-refractivity contribution in [3.05, 3.63) is 40.1 Å². The normalized spacial score (nSPS) is 15.1. The van der Waals surface area contributed by atoms with Crippen LogP contribution in [0.2, 0.25) is 0 Å². The van der Waals surface area contributed by atoms with Crippen LogP contribution >= 0.6 is 11.3 Å². The molecular formula is C14H16N4OS. The largest absolute Gasteiger partial charge is 0.335 e. The molecule has 3 rings (SSSR count). The van der Waals surface area contributed by atoms with Gasteiger partial charge in [-0.15, -0.1) is 11.3 Å². The number of hydrazone groups is 1. The molecule has 1 N–H and O–H groups in total. The highest BCUT2D eigenvalue weighted by atomic mass is 32.1. The number of carbonyl (C=O) groups excluding carboxylic acids is 1. The van der Waals surface area contributed by atoms with Gasteiger partial charge in [-0.05, 0) is 25.5 Å². The molecule has 5 nitrogen and oxygen atoms in total. The molecule has 104 valence electrons. The number of nitrogens with one attached hydrogen (secondary N) is 1. The summed E-state index contributed by atoms with van der Waals surface area (Å²) in [5, 5.41) is 4.13. The Morgan fingerprint density at radius 1 is 1.40 bits per heavy atom. The van der Waals surface area contributed by atoms with E-state index < -0.39 is 0 Å². The first kappa shape index (κ1) is 13.1. The SMILES string of the molecule is Cc1nccn1CCc1ccc(C2=NNC(=O)CC2)s1. The molecule has 1 aliphatic rings. The Balaban J connectivity index is 1.65. The molecule has 1 amide bonds. The Morgan fingerprint density at radius 2 is 2.30 bits per heavy atom. The average molecular weight is 288 g/mol. The first-order valence-electron chi connectivity index (χ1n) is 6.64. The zero-order valence-electron chi connectivity index (χ0n) is 11.3. The smallest absolute Gasteiger partial charge is 0.240 e. The van der Waals surface area contributed by atoms with Gasteiger partial charge in [-0.25, -0.2) is 10.4 Å². The molecule has 0 saturated carbocycles. The number of rotatable bonds is 4. The van der Waals surface area contributed by atoms with Crippen molar-refractivity contribution in [2.45, 2.75) is 32.7 Å². The zero-order chi connectivity index (χ0) is 13.9. The number of nitrogens with zero attached hydrogens (tertiary/aromatic N) is 3. The highest BCUT2D eigenvalue weighted by Crippen LogP contribution is 2.21. The molecule has 1 aliphatic heterocycles. The van der Waals surface area contributed by atoms with Crippen molar-refractivity contribution in [2.75, 3.05) is 0 Å². The van der Waals surface area contributed by atoms with Crippen LogP contribution in [0, 0.1) is 6.92 Å². The van der Waals surface area contributed by atoms with Gasteiger partial charge in [-0.2, -0.15) is 5.10 Å². The van der Waals surface area contributed by atoms with Crippen molar-refractivity contribution in [2.24, 2.45) is 5.10 Å². The number of hydrogen-bond donors (Lipinski definition) is 1. The molecule has 0 spiro atoms. The fourth-order valence-corrected chi connectivity index (χ4v) is 3.20. The van der Waals surface area contributed by atoms with Gasteiger partial charge in [0, 0.05) is 36.7 Å². The quantitative estimate of drug-likeness (QED) is 0.936. The van der Waals surface area contributed by atoms with Gasteiger partial charge in [0.05, 0.1) is 10.6 Å². The maximum atomic E-state index is 11.1. The van der Waals surface area contributed by atoms with Gasteiger partial charge in [-0.3, -0.25) is 4.79 Å². The van der Waals surface area contributed by atoms with E-state index in [2.05, 4.69) is 32.2 Å². The van der Waals surface area contributed by atoms with Gasteiger partial charge in [-0.1, -0.05) is 0 Å².